The minimum atomic E-state index is -0.801. The van der Waals surface area contributed by atoms with Crippen molar-refractivity contribution in [3.8, 4) is 0 Å². The van der Waals surface area contributed by atoms with E-state index in [4.69, 9.17) is 0 Å². The van der Waals surface area contributed by atoms with E-state index < -0.39 is 5.60 Å². The molecule has 0 aromatic carbocycles. The Morgan fingerprint density at radius 2 is 2.16 bits per heavy atom. The van der Waals surface area contributed by atoms with Gasteiger partial charge in [0.25, 0.3) is 0 Å². The third kappa shape index (κ3) is 3.42. The lowest BCUT2D eigenvalue weighted by Gasteiger charge is -2.40. The second kappa shape index (κ2) is 5.43. The van der Waals surface area contributed by atoms with E-state index >= 15 is 0 Å². The van der Waals surface area contributed by atoms with E-state index in [1.807, 2.05) is 6.07 Å². The molecule has 0 spiro atoms. The zero-order valence-electron chi connectivity index (χ0n) is 11.7. The summed E-state index contributed by atoms with van der Waals surface area (Å²) in [4.78, 5) is 5.25. The molecule has 0 saturated carbocycles. The van der Waals surface area contributed by atoms with Crippen molar-refractivity contribution in [2.75, 3.05) is 0 Å². The molecule has 2 aromatic heterocycles. The number of nitrogens with zero attached hydrogens (tertiary/aromatic N) is 3. The van der Waals surface area contributed by atoms with Crippen molar-refractivity contribution in [1.82, 2.24) is 14.8 Å². The van der Waals surface area contributed by atoms with Crippen LogP contribution < -0.4 is 0 Å². The van der Waals surface area contributed by atoms with Crippen LogP contribution in [0.1, 0.15) is 32.1 Å². The SMILES string of the molecule is CC(C)(C)C(O)(CCc1cccs1)Cn1cncn1. The molecule has 104 valence electrons. The van der Waals surface area contributed by atoms with Crippen molar-refractivity contribution in [2.24, 2.45) is 5.41 Å². The molecule has 4 nitrogen and oxygen atoms in total. The Hall–Kier alpha value is -1.20. The average molecular weight is 279 g/mol. The first kappa shape index (κ1) is 14.2. The summed E-state index contributed by atoms with van der Waals surface area (Å²) in [5, 5.41) is 17.2. The van der Waals surface area contributed by atoms with Crippen LogP contribution in [-0.2, 0) is 13.0 Å². The van der Waals surface area contributed by atoms with Gasteiger partial charge in [-0.15, -0.1) is 11.3 Å². The number of thiophene rings is 1. The van der Waals surface area contributed by atoms with Crippen LogP contribution in [0.25, 0.3) is 0 Å². The zero-order chi connectivity index (χ0) is 13.9. The molecule has 19 heavy (non-hydrogen) atoms. The van der Waals surface area contributed by atoms with Gasteiger partial charge >= 0.3 is 0 Å². The quantitative estimate of drug-likeness (QED) is 0.915. The summed E-state index contributed by atoms with van der Waals surface area (Å²) in [6, 6.07) is 4.16. The summed E-state index contributed by atoms with van der Waals surface area (Å²) in [5.74, 6) is 0. The number of hydrogen-bond donors (Lipinski definition) is 1. The Bertz CT molecular complexity index is 487. The van der Waals surface area contributed by atoms with E-state index in [1.54, 1.807) is 22.3 Å². The largest absolute Gasteiger partial charge is 0.387 e. The van der Waals surface area contributed by atoms with Gasteiger partial charge in [-0.3, -0.25) is 4.68 Å². The highest BCUT2D eigenvalue weighted by atomic mass is 32.1. The average Bonchev–Trinajstić information content (AvgIpc) is 2.97. The second-order valence-corrected chi connectivity index (χ2v) is 6.99. The van der Waals surface area contributed by atoms with Gasteiger partial charge in [0, 0.05) is 4.88 Å². The molecule has 1 unspecified atom stereocenters. The molecule has 2 aromatic rings. The molecule has 5 heteroatoms. The van der Waals surface area contributed by atoms with Crippen LogP contribution in [0.15, 0.2) is 30.2 Å². The van der Waals surface area contributed by atoms with Gasteiger partial charge in [-0.1, -0.05) is 26.8 Å². The van der Waals surface area contributed by atoms with Crippen LogP contribution in [-0.4, -0.2) is 25.5 Å². The lowest BCUT2D eigenvalue weighted by molar-refractivity contribution is -0.0795. The predicted molar refractivity (Wildman–Crippen MR) is 77.1 cm³/mol. The monoisotopic (exact) mass is 279 g/mol. The van der Waals surface area contributed by atoms with E-state index in [1.165, 1.54) is 11.2 Å². The number of aliphatic hydroxyl groups is 1. The van der Waals surface area contributed by atoms with Crippen LogP contribution in [0, 0.1) is 5.41 Å². The zero-order valence-corrected chi connectivity index (χ0v) is 12.5. The van der Waals surface area contributed by atoms with Crippen molar-refractivity contribution < 1.29 is 5.11 Å². The molecule has 1 N–H and O–H groups in total. The van der Waals surface area contributed by atoms with Crippen molar-refractivity contribution >= 4 is 11.3 Å². The van der Waals surface area contributed by atoms with Gasteiger partial charge < -0.3 is 5.11 Å². The summed E-state index contributed by atoms with van der Waals surface area (Å²) in [6.07, 6.45) is 4.77. The maximum atomic E-state index is 11.0. The van der Waals surface area contributed by atoms with Crippen LogP contribution in [0.4, 0.5) is 0 Å². The number of aryl methyl sites for hydroxylation is 1. The van der Waals surface area contributed by atoms with Crippen molar-refractivity contribution in [3.05, 3.63) is 35.0 Å². The fourth-order valence-corrected chi connectivity index (χ4v) is 2.77. The Morgan fingerprint density at radius 3 is 2.68 bits per heavy atom. The van der Waals surface area contributed by atoms with E-state index in [0.29, 0.717) is 6.54 Å². The van der Waals surface area contributed by atoms with E-state index in [-0.39, 0.29) is 5.41 Å². The molecule has 0 amide bonds. The Kier molecular flexibility index (Phi) is 4.06. The minimum absolute atomic E-state index is 0.212. The smallest absolute Gasteiger partial charge is 0.137 e. The van der Waals surface area contributed by atoms with Gasteiger partial charge in [0.2, 0.25) is 0 Å². The summed E-state index contributed by atoms with van der Waals surface area (Å²) in [6.45, 7) is 6.68. The number of rotatable bonds is 5. The van der Waals surface area contributed by atoms with E-state index in [2.05, 4.69) is 42.3 Å². The molecular weight excluding hydrogens is 258 g/mol. The van der Waals surface area contributed by atoms with Gasteiger partial charge in [-0.05, 0) is 29.7 Å². The highest BCUT2D eigenvalue weighted by Crippen LogP contribution is 2.36. The lowest BCUT2D eigenvalue weighted by Crippen LogP contribution is -2.47. The van der Waals surface area contributed by atoms with Crippen LogP contribution >= 0.6 is 11.3 Å². The minimum Gasteiger partial charge on any atom is -0.387 e. The van der Waals surface area contributed by atoms with Gasteiger partial charge in [-0.2, -0.15) is 5.10 Å². The van der Waals surface area contributed by atoms with Crippen LogP contribution in [0.2, 0.25) is 0 Å². The van der Waals surface area contributed by atoms with Crippen molar-refractivity contribution in [3.63, 3.8) is 0 Å². The lowest BCUT2D eigenvalue weighted by atomic mass is 9.73. The fourth-order valence-electron chi connectivity index (χ4n) is 2.06. The summed E-state index contributed by atoms with van der Waals surface area (Å²) in [7, 11) is 0. The first-order valence-corrected chi connectivity index (χ1v) is 7.36. The van der Waals surface area contributed by atoms with Crippen LogP contribution in [0.5, 0.6) is 0 Å². The first-order valence-electron chi connectivity index (χ1n) is 6.48. The standard InChI is InChI=1S/C14H21N3OS/c1-13(2,3)14(18,9-17-11-15-10-16-17)7-6-12-5-4-8-19-12/h4-5,8,10-11,18H,6-7,9H2,1-3H3. The predicted octanol–water partition coefficient (Wildman–Crippen LogP) is 2.75. The van der Waals surface area contributed by atoms with Crippen molar-refractivity contribution in [1.29, 1.82) is 0 Å². The van der Waals surface area contributed by atoms with E-state index in [0.717, 1.165) is 12.8 Å². The van der Waals surface area contributed by atoms with Gasteiger partial charge in [0.05, 0.1) is 12.1 Å². The molecule has 0 fully saturated rings. The molecule has 2 rings (SSSR count). The van der Waals surface area contributed by atoms with Crippen molar-refractivity contribution in [2.45, 2.75) is 45.8 Å². The fraction of sp³-hybridized carbons (Fsp3) is 0.571. The third-order valence-electron chi connectivity index (χ3n) is 3.65. The molecule has 0 saturated heterocycles. The molecule has 0 aliphatic carbocycles. The van der Waals surface area contributed by atoms with Gasteiger partial charge in [0.15, 0.2) is 0 Å². The Morgan fingerprint density at radius 1 is 1.37 bits per heavy atom. The topological polar surface area (TPSA) is 50.9 Å². The molecule has 0 aliphatic rings. The highest BCUT2D eigenvalue weighted by molar-refractivity contribution is 7.09. The number of hydrogen-bond acceptors (Lipinski definition) is 4. The third-order valence-corrected chi connectivity index (χ3v) is 4.59. The maximum absolute atomic E-state index is 11.0. The van der Waals surface area contributed by atoms with Gasteiger partial charge in [0.1, 0.15) is 12.7 Å². The first-order chi connectivity index (χ1) is 8.91. The van der Waals surface area contributed by atoms with Gasteiger partial charge in [-0.25, -0.2) is 4.98 Å². The highest BCUT2D eigenvalue weighted by Gasteiger charge is 2.40. The Balaban J connectivity index is 2.10. The molecule has 0 aliphatic heterocycles. The van der Waals surface area contributed by atoms with E-state index in [9.17, 15) is 5.11 Å². The summed E-state index contributed by atoms with van der Waals surface area (Å²) in [5.41, 5.74) is -1.01. The second-order valence-electron chi connectivity index (χ2n) is 5.95. The molecule has 1 atom stereocenters. The Labute approximate surface area is 118 Å². The summed E-state index contributed by atoms with van der Waals surface area (Å²) < 4.78 is 1.71. The molecule has 0 radical (unpaired) electrons. The summed E-state index contributed by atoms with van der Waals surface area (Å²) >= 11 is 1.74. The van der Waals surface area contributed by atoms with Crippen LogP contribution in [0.3, 0.4) is 0 Å². The normalized spacial score (nSPS) is 15.4. The molecule has 0 bridgehead atoms. The molecule has 2 heterocycles. The maximum Gasteiger partial charge on any atom is 0.137 e. The number of aromatic nitrogens is 3. The molecular formula is C14H21N3OS.